The summed E-state index contributed by atoms with van der Waals surface area (Å²) in [4.78, 5) is 0. The molecule has 64 valence electrons. The average Bonchev–Trinajstić information content (AvgIpc) is 1.56. The average molecular weight is 274 g/mol. The molecule has 0 rings (SSSR count). The molecule has 0 spiro atoms. The molecule has 0 aromatic heterocycles. The molecule has 0 fully saturated rings. The molecule has 0 atom stereocenters. The molecule has 0 aliphatic rings. The van der Waals surface area contributed by atoms with Crippen LogP contribution in [0.4, 0.5) is 0 Å². The molecule has 0 bridgehead atoms. The summed E-state index contributed by atoms with van der Waals surface area (Å²) < 4.78 is 0.495. The molecular formula is C8H19Ge2N. The van der Waals surface area contributed by atoms with Crippen LogP contribution in [0.1, 0.15) is 0 Å². The molecule has 1 nitrogen and oxygen atoms in total. The normalized spacial score (nSPS) is 13.3. The van der Waals surface area contributed by atoms with E-state index in [1.54, 1.807) is 0 Å². The van der Waals surface area contributed by atoms with E-state index in [1.165, 1.54) is 0 Å². The zero-order chi connectivity index (χ0) is 9.28. The molecular weight excluding hydrogens is 255 g/mol. The van der Waals surface area contributed by atoms with Gasteiger partial charge in [0.1, 0.15) is 0 Å². The summed E-state index contributed by atoms with van der Waals surface area (Å²) in [5.74, 6) is 14.1. The Morgan fingerprint density at radius 1 is 0.909 bits per heavy atom. The van der Waals surface area contributed by atoms with Crippen LogP contribution in [0.5, 0.6) is 0 Å². The monoisotopic (exact) mass is 277 g/mol. The van der Waals surface area contributed by atoms with Crippen LogP contribution in [0.3, 0.4) is 0 Å². The number of hydrogen-bond donors (Lipinski definition) is 0. The number of nitriles is 1. The minimum absolute atomic E-state index is 0.495. The Hall–Kier alpha value is 0.576. The Morgan fingerprint density at radius 3 is 1.18 bits per heavy atom. The predicted molar refractivity (Wildman–Crippen MR) is 56.1 cm³/mol. The van der Waals surface area contributed by atoms with Crippen molar-refractivity contribution in [2.75, 3.05) is 0 Å². The van der Waals surface area contributed by atoms with Gasteiger partial charge in [0.15, 0.2) is 0 Å². The van der Waals surface area contributed by atoms with E-state index in [4.69, 9.17) is 5.26 Å². The number of hydrogen-bond acceptors (Lipinski definition) is 1. The Bertz CT molecular complexity index is 154. The standard InChI is InChI=1S/C8H19Ge2N/c1-9(2,3)8(7-11)10(4,5)6/h8H,1-6H3. The zero-order valence-corrected chi connectivity index (χ0v) is 12.7. The van der Waals surface area contributed by atoms with Crippen molar-refractivity contribution >= 4 is 26.5 Å². The summed E-state index contributed by atoms with van der Waals surface area (Å²) in [6, 6.07) is 2.55. The van der Waals surface area contributed by atoms with Crippen molar-refractivity contribution < 1.29 is 0 Å². The van der Waals surface area contributed by atoms with Crippen LogP contribution in [0.25, 0.3) is 0 Å². The fourth-order valence-electron chi connectivity index (χ4n) is 1.69. The van der Waals surface area contributed by atoms with E-state index in [1.807, 2.05) is 0 Å². The molecule has 0 aromatic rings. The van der Waals surface area contributed by atoms with Crippen molar-refractivity contribution in [2.24, 2.45) is 0 Å². The Kier molecular flexibility index (Phi) is 3.71. The first-order valence-electron chi connectivity index (χ1n) is 4.09. The molecule has 0 aliphatic heterocycles. The van der Waals surface area contributed by atoms with Crippen molar-refractivity contribution in [3.05, 3.63) is 0 Å². The third-order valence-corrected chi connectivity index (χ3v) is 28.6. The van der Waals surface area contributed by atoms with E-state index in [-0.39, 0.29) is 0 Å². The van der Waals surface area contributed by atoms with Crippen molar-refractivity contribution in [2.45, 2.75) is 38.1 Å². The van der Waals surface area contributed by atoms with E-state index in [2.05, 4.69) is 40.6 Å². The van der Waals surface area contributed by atoms with Gasteiger partial charge in [-0.3, -0.25) is 0 Å². The Labute approximate surface area is 75.9 Å². The van der Waals surface area contributed by atoms with Crippen LogP contribution in [-0.2, 0) is 0 Å². The maximum atomic E-state index is 9.04. The zero-order valence-electron chi connectivity index (χ0n) is 8.52. The van der Waals surface area contributed by atoms with Gasteiger partial charge in [-0.1, -0.05) is 0 Å². The van der Waals surface area contributed by atoms with Gasteiger partial charge in [0.25, 0.3) is 0 Å². The first kappa shape index (κ1) is 11.6. The van der Waals surface area contributed by atoms with Crippen LogP contribution in [0, 0.1) is 11.3 Å². The first-order valence-corrected chi connectivity index (χ1v) is 19.1. The summed E-state index contributed by atoms with van der Waals surface area (Å²) in [6.07, 6.45) is 0. The van der Waals surface area contributed by atoms with Gasteiger partial charge in [-0.15, -0.1) is 0 Å². The Balaban J connectivity index is 4.60. The topological polar surface area (TPSA) is 23.8 Å². The predicted octanol–water partition coefficient (Wildman–Crippen LogP) is 3.10. The molecule has 0 radical (unpaired) electrons. The third-order valence-electron chi connectivity index (χ3n) is 1.86. The minimum atomic E-state index is -1.68. The molecule has 0 heterocycles. The van der Waals surface area contributed by atoms with Gasteiger partial charge in [-0.2, -0.15) is 0 Å². The summed E-state index contributed by atoms with van der Waals surface area (Å²) in [5, 5.41) is 9.04. The van der Waals surface area contributed by atoms with E-state index in [0.717, 1.165) is 0 Å². The molecule has 0 aromatic carbocycles. The summed E-state index contributed by atoms with van der Waals surface area (Å²) in [5.41, 5.74) is 0. The van der Waals surface area contributed by atoms with Crippen molar-refractivity contribution in [3.63, 3.8) is 0 Å². The molecule has 11 heavy (non-hydrogen) atoms. The Morgan fingerprint density at radius 2 is 1.18 bits per heavy atom. The van der Waals surface area contributed by atoms with Crippen LogP contribution in [-0.4, -0.2) is 26.5 Å². The van der Waals surface area contributed by atoms with Crippen LogP contribution in [0.15, 0.2) is 0 Å². The molecule has 0 aliphatic carbocycles. The fourth-order valence-corrected chi connectivity index (χ4v) is 37.1. The molecule has 0 N–H and O–H groups in total. The second kappa shape index (κ2) is 3.53. The van der Waals surface area contributed by atoms with Crippen LogP contribution in [0.2, 0.25) is 38.1 Å². The van der Waals surface area contributed by atoms with Crippen LogP contribution < -0.4 is 0 Å². The quantitative estimate of drug-likeness (QED) is 0.710. The van der Waals surface area contributed by atoms with E-state index in [9.17, 15) is 0 Å². The third kappa shape index (κ3) is 3.66. The summed E-state index contributed by atoms with van der Waals surface area (Å²) in [7, 11) is 0. The van der Waals surface area contributed by atoms with Gasteiger partial charge >= 0.3 is 76.0 Å². The first-order chi connectivity index (χ1) is 4.69. The molecule has 0 saturated heterocycles. The van der Waals surface area contributed by atoms with Gasteiger partial charge in [0.2, 0.25) is 0 Å². The van der Waals surface area contributed by atoms with Gasteiger partial charge in [0.05, 0.1) is 0 Å². The second-order valence-electron chi connectivity index (χ2n) is 5.29. The van der Waals surface area contributed by atoms with Gasteiger partial charge in [-0.25, -0.2) is 0 Å². The van der Waals surface area contributed by atoms with Gasteiger partial charge < -0.3 is 0 Å². The van der Waals surface area contributed by atoms with Gasteiger partial charge in [0, 0.05) is 0 Å². The molecule has 3 heteroatoms. The van der Waals surface area contributed by atoms with E-state index < -0.39 is 26.5 Å². The summed E-state index contributed by atoms with van der Waals surface area (Å²) >= 11 is -3.36. The molecule has 0 amide bonds. The van der Waals surface area contributed by atoms with Crippen molar-refractivity contribution in [1.29, 1.82) is 5.26 Å². The molecule has 0 saturated carbocycles. The van der Waals surface area contributed by atoms with Gasteiger partial charge in [-0.05, 0) is 0 Å². The van der Waals surface area contributed by atoms with Crippen molar-refractivity contribution in [3.8, 4) is 6.07 Å². The van der Waals surface area contributed by atoms with Crippen LogP contribution >= 0.6 is 0 Å². The number of rotatable bonds is 2. The molecule has 0 unspecified atom stereocenters. The second-order valence-corrected chi connectivity index (χ2v) is 30.1. The fraction of sp³-hybridized carbons (Fsp3) is 0.875. The van der Waals surface area contributed by atoms with Crippen molar-refractivity contribution in [1.82, 2.24) is 0 Å². The number of nitrogens with zero attached hydrogens (tertiary/aromatic N) is 1. The summed E-state index contributed by atoms with van der Waals surface area (Å²) in [6.45, 7) is 0. The van der Waals surface area contributed by atoms with E-state index in [0.29, 0.717) is 3.58 Å². The maximum absolute atomic E-state index is 9.04. The SMILES string of the molecule is [CH3][Ge]([CH3])([CH3])[CH](C#N)[Ge]([CH3])([CH3])[CH3]. The van der Waals surface area contributed by atoms with E-state index >= 15 is 0 Å².